The predicted octanol–water partition coefficient (Wildman–Crippen LogP) is 3.73. The van der Waals surface area contributed by atoms with E-state index in [0.29, 0.717) is 34.2 Å². The molecule has 1 fully saturated rings. The zero-order valence-corrected chi connectivity index (χ0v) is 16.4. The molecular formula is C19H20F3N3O2S. The topological polar surface area (TPSA) is 62.3 Å². The smallest absolute Gasteiger partial charge is 0.353 e. The van der Waals surface area contributed by atoms with E-state index in [1.165, 1.54) is 12.1 Å². The van der Waals surface area contributed by atoms with Crippen molar-refractivity contribution in [1.29, 1.82) is 0 Å². The van der Waals surface area contributed by atoms with E-state index < -0.39 is 17.8 Å². The number of hydrogen-bond acceptors (Lipinski definition) is 4. The van der Waals surface area contributed by atoms with Crippen molar-refractivity contribution in [2.24, 2.45) is 5.92 Å². The van der Waals surface area contributed by atoms with Crippen molar-refractivity contribution in [2.45, 2.75) is 33.0 Å². The van der Waals surface area contributed by atoms with E-state index in [-0.39, 0.29) is 17.7 Å². The number of thiazole rings is 1. The third-order valence-electron chi connectivity index (χ3n) is 4.60. The molecule has 5 nitrogen and oxygen atoms in total. The number of carbonyl (C=O) groups is 2. The summed E-state index contributed by atoms with van der Waals surface area (Å²) in [5.74, 6) is -0.506. The second-order valence-electron chi connectivity index (χ2n) is 6.99. The van der Waals surface area contributed by atoms with Gasteiger partial charge >= 0.3 is 6.18 Å². The molecule has 0 saturated carbocycles. The quantitative estimate of drug-likeness (QED) is 0.837. The number of amides is 2. The maximum Gasteiger partial charge on any atom is 0.416 e. The van der Waals surface area contributed by atoms with Crippen molar-refractivity contribution < 1.29 is 22.8 Å². The van der Waals surface area contributed by atoms with Crippen LogP contribution in [-0.2, 0) is 11.0 Å². The molecule has 0 aliphatic carbocycles. The number of aromatic nitrogens is 1. The van der Waals surface area contributed by atoms with Crippen LogP contribution in [0.15, 0.2) is 24.3 Å². The van der Waals surface area contributed by atoms with Gasteiger partial charge in [0.1, 0.15) is 15.9 Å². The molecule has 2 heterocycles. The lowest BCUT2D eigenvalue weighted by Gasteiger charge is -2.37. The summed E-state index contributed by atoms with van der Waals surface area (Å²) in [5, 5.41) is 3.25. The van der Waals surface area contributed by atoms with Crippen LogP contribution in [0.1, 0.15) is 34.8 Å². The summed E-state index contributed by atoms with van der Waals surface area (Å²) in [7, 11) is 0. The average molecular weight is 411 g/mol. The molecule has 1 aliphatic heterocycles. The molecule has 0 unspecified atom stereocenters. The minimum absolute atomic E-state index is 0.0492. The summed E-state index contributed by atoms with van der Waals surface area (Å²) in [4.78, 5) is 31.6. The summed E-state index contributed by atoms with van der Waals surface area (Å²) in [6.45, 7) is 6.23. The summed E-state index contributed by atoms with van der Waals surface area (Å²) < 4.78 is 38.2. The van der Waals surface area contributed by atoms with Gasteiger partial charge < -0.3 is 10.2 Å². The van der Waals surface area contributed by atoms with Crippen LogP contribution in [0.25, 0.3) is 10.6 Å². The Labute approximate surface area is 164 Å². The molecule has 1 atom stereocenters. The van der Waals surface area contributed by atoms with Crippen LogP contribution in [0.5, 0.6) is 0 Å². The van der Waals surface area contributed by atoms with Gasteiger partial charge in [-0.2, -0.15) is 13.2 Å². The van der Waals surface area contributed by atoms with Gasteiger partial charge in [-0.1, -0.05) is 26.0 Å². The Bertz CT molecular complexity index is 891. The SMILES string of the molecule is Cc1nc(-c2ccc(C(F)(F)F)cc2)sc1C(=O)N1CCNC(=O)[C@H]1C(C)C. The Hall–Kier alpha value is -2.42. The van der Waals surface area contributed by atoms with Crippen LogP contribution >= 0.6 is 11.3 Å². The molecule has 2 aromatic rings. The lowest BCUT2D eigenvalue weighted by atomic mass is 9.99. The van der Waals surface area contributed by atoms with Crippen LogP contribution < -0.4 is 5.32 Å². The van der Waals surface area contributed by atoms with Crippen molar-refractivity contribution in [1.82, 2.24) is 15.2 Å². The number of hydrogen-bond donors (Lipinski definition) is 1. The average Bonchev–Trinajstić information content (AvgIpc) is 3.01. The highest BCUT2D eigenvalue weighted by Crippen LogP contribution is 2.33. The van der Waals surface area contributed by atoms with Crippen LogP contribution in [0, 0.1) is 12.8 Å². The van der Waals surface area contributed by atoms with Crippen molar-refractivity contribution in [2.75, 3.05) is 13.1 Å². The highest BCUT2D eigenvalue weighted by molar-refractivity contribution is 7.17. The Morgan fingerprint density at radius 1 is 1.29 bits per heavy atom. The first-order chi connectivity index (χ1) is 13.1. The van der Waals surface area contributed by atoms with Crippen molar-refractivity contribution in [3.05, 3.63) is 40.4 Å². The molecule has 1 aromatic carbocycles. The fraction of sp³-hybridized carbons (Fsp3) is 0.421. The lowest BCUT2D eigenvalue weighted by Crippen LogP contribution is -2.59. The zero-order chi connectivity index (χ0) is 20.6. The van der Waals surface area contributed by atoms with Gasteiger partial charge in [-0.05, 0) is 25.0 Å². The van der Waals surface area contributed by atoms with Crippen LogP contribution in [-0.4, -0.2) is 40.8 Å². The third-order valence-corrected chi connectivity index (χ3v) is 5.79. The Morgan fingerprint density at radius 2 is 1.93 bits per heavy atom. The fourth-order valence-electron chi connectivity index (χ4n) is 3.23. The van der Waals surface area contributed by atoms with Crippen molar-refractivity contribution in [3.8, 4) is 10.6 Å². The molecule has 1 saturated heterocycles. The molecule has 150 valence electrons. The summed E-state index contributed by atoms with van der Waals surface area (Å²) >= 11 is 1.13. The molecule has 2 amide bonds. The molecule has 1 aliphatic rings. The number of carbonyl (C=O) groups excluding carboxylic acids is 2. The molecule has 9 heteroatoms. The first-order valence-electron chi connectivity index (χ1n) is 8.83. The van der Waals surface area contributed by atoms with E-state index in [9.17, 15) is 22.8 Å². The molecule has 0 spiro atoms. The lowest BCUT2D eigenvalue weighted by molar-refractivity contribution is -0.137. The van der Waals surface area contributed by atoms with Gasteiger partial charge in [0.2, 0.25) is 5.91 Å². The van der Waals surface area contributed by atoms with E-state index in [1.807, 2.05) is 13.8 Å². The number of piperazine rings is 1. The van der Waals surface area contributed by atoms with Gasteiger partial charge in [0, 0.05) is 18.7 Å². The maximum atomic E-state index is 13.1. The van der Waals surface area contributed by atoms with Gasteiger partial charge in [0.05, 0.1) is 11.3 Å². The minimum Gasteiger partial charge on any atom is -0.353 e. The van der Waals surface area contributed by atoms with Gasteiger partial charge in [-0.15, -0.1) is 11.3 Å². The van der Waals surface area contributed by atoms with Gasteiger partial charge in [0.15, 0.2) is 0 Å². The Kier molecular flexibility index (Phi) is 5.47. The molecule has 3 rings (SSSR count). The number of benzene rings is 1. The number of halogens is 3. The van der Waals surface area contributed by atoms with Gasteiger partial charge in [-0.3, -0.25) is 9.59 Å². The molecule has 1 aromatic heterocycles. The van der Waals surface area contributed by atoms with Gasteiger partial charge in [-0.25, -0.2) is 4.98 Å². The van der Waals surface area contributed by atoms with E-state index in [1.54, 1.807) is 11.8 Å². The van der Waals surface area contributed by atoms with Crippen LogP contribution in [0.4, 0.5) is 13.2 Å². The number of alkyl halides is 3. The summed E-state index contributed by atoms with van der Waals surface area (Å²) in [5.41, 5.74) is 0.273. The number of nitrogens with zero attached hydrogens (tertiary/aromatic N) is 2. The molecule has 0 bridgehead atoms. The van der Waals surface area contributed by atoms with Crippen LogP contribution in [0.3, 0.4) is 0 Å². The molecule has 1 N–H and O–H groups in total. The first kappa shape index (κ1) is 20.3. The molecular weight excluding hydrogens is 391 g/mol. The Balaban J connectivity index is 1.89. The van der Waals surface area contributed by atoms with E-state index in [0.717, 1.165) is 23.5 Å². The van der Waals surface area contributed by atoms with E-state index in [4.69, 9.17) is 0 Å². The third kappa shape index (κ3) is 3.89. The number of rotatable bonds is 3. The maximum absolute atomic E-state index is 13.1. The summed E-state index contributed by atoms with van der Waals surface area (Å²) in [6.07, 6.45) is -4.40. The number of aryl methyl sites for hydroxylation is 1. The van der Waals surface area contributed by atoms with Crippen LogP contribution in [0.2, 0.25) is 0 Å². The second kappa shape index (κ2) is 7.54. The minimum atomic E-state index is -4.40. The van der Waals surface area contributed by atoms with Gasteiger partial charge in [0.25, 0.3) is 5.91 Å². The normalized spacial score (nSPS) is 17.8. The van der Waals surface area contributed by atoms with E-state index >= 15 is 0 Å². The van der Waals surface area contributed by atoms with E-state index in [2.05, 4.69) is 10.3 Å². The molecule has 0 radical (unpaired) electrons. The highest BCUT2D eigenvalue weighted by atomic mass is 32.1. The zero-order valence-electron chi connectivity index (χ0n) is 15.6. The predicted molar refractivity (Wildman–Crippen MR) is 100.0 cm³/mol. The fourth-order valence-corrected chi connectivity index (χ4v) is 4.25. The Morgan fingerprint density at radius 3 is 2.50 bits per heavy atom. The monoisotopic (exact) mass is 411 g/mol. The van der Waals surface area contributed by atoms with Crippen molar-refractivity contribution in [3.63, 3.8) is 0 Å². The standard InChI is InChI=1S/C19H20F3N3O2S/c1-10(2)14-16(26)23-8-9-25(14)18(27)15-11(3)24-17(28-15)12-4-6-13(7-5-12)19(20,21)22/h4-7,10,14H,8-9H2,1-3H3,(H,23,26)/t14-/m1/s1. The van der Waals surface area contributed by atoms with Crippen molar-refractivity contribution >= 4 is 23.2 Å². The largest absolute Gasteiger partial charge is 0.416 e. The molecule has 28 heavy (non-hydrogen) atoms. The number of nitrogens with one attached hydrogen (secondary N) is 1. The highest BCUT2D eigenvalue weighted by Gasteiger charge is 2.37. The summed E-state index contributed by atoms with van der Waals surface area (Å²) in [6, 6.07) is 4.13. The second-order valence-corrected chi connectivity index (χ2v) is 7.99. The first-order valence-corrected chi connectivity index (χ1v) is 9.65.